The van der Waals surface area contributed by atoms with Crippen LogP contribution >= 0.6 is 0 Å². The van der Waals surface area contributed by atoms with Crippen LogP contribution in [-0.2, 0) is 0 Å². The van der Waals surface area contributed by atoms with Crippen LogP contribution in [-0.4, -0.2) is 15.0 Å². The molecule has 0 unspecified atom stereocenters. The van der Waals surface area contributed by atoms with E-state index in [2.05, 4.69) is 40.9 Å². The Kier molecular flexibility index (Phi) is 3.21. The predicted molar refractivity (Wildman–Crippen MR) is 97.4 cm³/mol. The van der Waals surface area contributed by atoms with Crippen LogP contribution in [0.3, 0.4) is 0 Å². The van der Waals surface area contributed by atoms with Gasteiger partial charge in [-0.05, 0) is 49.2 Å². The Morgan fingerprint density at radius 3 is 2.75 bits per heavy atom. The minimum absolute atomic E-state index is 0.520. The maximum atomic E-state index is 9.60. The Balaban J connectivity index is 1.85. The third-order valence-corrected chi connectivity index (χ3v) is 4.39. The summed E-state index contributed by atoms with van der Waals surface area (Å²) in [6.07, 6.45) is 3.79. The normalized spacial score (nSPS) is 12.0. The average Bonchev–Trinajstić information content (AvgIpc) is 3.17. The van der Waals surface area contributed by atoms with E-state index in [1.807, 2.05) is 42.6 Å². The van der Waals surface area contributed by atoms with Crippen molar-refractivity contribution in [3.63, 3.8) is 0 Å². The van der Waals surface area contributed by atoms with Crippen molar-refractivity contribution in [3.05, 3.63) is 65.1 Å². The van der Waals surface area contributed by atoms with Gasteiger partial charge in [-0.25, -0.2) is 4.98 Å². The van der Waals surface area contributed by atoms with E-state index >= 15 is 0 Å². The summed E-state index contributed by atoms with van der Waals surface area (Å²) in [5.74, 6) is 0.600. The molecule has 0 amide bonds. The van der Waals surface area contributed by atoms with Gasteiger partial charge in [-0.1, -0.05) is 18.2 Å². The van der Waals surface area contributed by atoms with Crippen LogP contribution in [0.4, 0.5) is 0 Å². The van der Waals surface area contributed by atoms with Gasteiger partial charge in [0.1, 0.15) is 11.9 Å². The van der Waals surface area contributed by atoms with Crippen LogP contribution in [0.25, 0.3) is 33.6 Å². The number of nitrogens with one attached hydrogen (secondary N) is 2. The third kappa shape index (κ3) is 2.27. The van der Waals surface area contributed by atoms with Crippen molar-refractivity contribution in [1.29, 1.82) is 5.26 Å². The largest absolute Gasteiger partial charge is 0.361 e. The molecule has 4 aromatic rings. The molecule has 4 rings (SSSR count). The number of aryl methyl sites for hydroxylation is 2. The lowest BCUT2D eigenvalue weighted by molar-refractivity contribution is 1.27. The molecule has 0 fully saturated rings. The van der Waals surface area contributed by atoms with Crippen molar-refractivity contribution < 1.29 is 0 Å². The van der Waals surface area contributed by atoms with Crippen molar-refractivity contribution >= 4 is 33.6 Å². The van der Waals surface area contributed by atoms with E-state index in [1.165, 1.54) is 11.1 Å². The zero-order valence-corrected chi connectivity index (χ0v) is 13.5. The second kappa shape index (κ2) is 5.39. The number of benzene rings is 2. The fourth-order valence-corrected chi connectivity index (χ4v) is 2.92. The first kappa shape index (κ1) is 14.3. The minimum atomic E-state index is 0.520. The molecule has 0 saturated carbocycles. The Bertz CT molecular complexity index is 1100. The highest BCUT2D eigenvalue weighted by molar-refractivity contribution is 5.97. The summed E-state index contributed by atoms with van der Waals surface area (Å²) in [5.41, 5.74) is 6.79. The highest BCUT2D eigenvalue weighted by atomic mass is 14.9. The summed E-state index contributed by atoms with van der Waals surface area (Å²) in [4.78, 5) is 11.1. The van der Waals surface area contributed by atoms with E-state index in [0.717, 1.165) is 27.5 Å². The van der Waals surface area contributed by atoms with Crippen molar-refractivity contribution in [2.75, 3.05) is 0 Å². The zero-order valence-electron chi connectivity index (χ0n) is 13.5. The van der Waals surface area contributed by atoms with Crippen molar-refractivity contribution in [2.45, 2.75) is 13.8 Å². The number of imidazole rings is 1. The minimum Gasteiger partial charge on any atom is -0.361 e. The van der Waals surface area contributed by atoms with Crippen LogP contribution in [0.15, 0.2) is 42.6 Å². The second-order valence-corrected chi connectivity index (χ2v) is 6.00. The molecular formula is C20H16N4. The molecule has 4 nitrogen and oxygen atoms in total. The number of fused-ring (bicyclic) bond motifs is 2. The molecule has 0 saturated heterocycles. The zero-order chi connectivity index (χ0) is 16.7. The van der Waals surface area contributed by atoms with Gasteiger partial charge in [0.2, 0.25) is 0 Å². The fraction of sp³-hybridized carbons (Fsp3) is 0.100. The lowest BCUT2D eigenvalue weighted by Gasteiger charge is -1.97. The fourth-order valence-electron chi connectivity index (χ4n) is 2.92. The van der Waals surface area contributed by atoms with Crippen LogP contribution in [0.2, 0.25) is 0 Å². The van der Waals surface area contributed by atoms with E-state index in [-0.39, 0.29) is 0 Å². The molecule has 0 atom stereocenters. The molecule has 0 bridgehead atoms. The number of hydrogen-bond acceptors (Lipinski definition) is 2. The second-order valence-electron chi connectivity index (χ2n) is 6.00. The van der Waals surface area contributed by atoms with E-state index in [4.69, 9.17) is 0 Å². The molecule has 0 aliphatic heterocycles. The monoisotopic (exact) mass is 312 g/mol. The standard InChI is InChI=1S/C20H16N4/c1-12-7-18-19(8-13(12)2)24-20(23-18)14(10-21)9-15-11-22-17-6-4-3-5-16(15)17/h3-9,11,22H,1-2H3,(H,23,24)/b14-9-. The summed E-state index contributed by atoms with van der Waals surface area (Å²) >= 11 is 0. The van der Waals surface area contributed by atoms with Crippen molar-refractivity contribution in [2.24, 2.45) is 0 Å². The van der Waals surface area contributed by atoms with Crippen LogP contribution in [0, 0.1) is 25.2 Å². The van der Waals surface area contributed by atoms with Gasteiger partial charge in [0, 0.05) is 22.7 Å². The Morgan fingerprint density at radius 2 is 1.92 bits per heavy atom. The van der Waals surface area contributed by atoms with Crippen LogP contribution in [0.1, 0.15) is 22.5 Å². The van der Waals surface area contributed by atoms with Gasteiger partial charge in [0.15, 0.2) is 0 Å². The SMILES string of the molecule is Cc1cc2nc(/C(C#N)=C\c3c[nH]c4ccccc34)[nH]c2cc1C. The molecule has 116 valence electrons. The summed E-state index contributed by atoms with van der Waals surface area (Å²) in [6.45, 7) is 4.14. The molecule has 0 aliphatic rings. The molecule has 24 heavy (non-hydrogen) atoms. The van der Waals surface area contributed by atoms with E-state index in [1.54, 1.807) is 0 Å². The summed E-state index contributed by atoms with van der Waals surface area (Å²) in [6, 6.07) is 14.4. The van der Waals surface area contributed by atoms with E-state index < -0.39 is 0 Å². The number of aromatic nitrogens is 3. The van der Waals surface area contributed by atoms with Gasteiger partial charge in [0.25, 0.3) is 0 Å². The molecule has 2 heterocycles. The molecule has 0 aliphatic carbocycles. The molecular weight excluding hydrogens is 296 g/mol. The van der Waals surface area contributed by atoms with Crippen LogP contribution in [0.5, 0.6) is 0 Å². The first-order valence-electron chi connectivity index (χ1n) is 7.81. The Hall–Kier alpha value is -3.32. The molecule has 0 spiro atoms. The number of nitrogens with zero attached hydrogens (tertiary/aromatic N) is 2. The molecule has 2 aromatic carbocycles. The maximum absolute atomic E-state index is 9.60. The lowest BCUT2D eigenvalue weighted by Crippen LogP contribution is -1.84. The number of H-pyrrole nitrogens is 2. The van der Waals surface area contributed by atoms with E-state index in [9.17, 15) is 5.26 Å². The molecule has 2 N–H and O–H groups in total. The maximum Gasteiger partial charge on any atom is 0.149 e. The Morgan fingerprint density at radius 1 is 1.12 bits per heavy atom. The topological polar surface area (TPSA) is 68.3 Å². The molecule has 2 aromatic heterocycles. The van der Waals surface area contributed by atoms with Crippen molar-refractivity contribution in [3.8, 4) is 6.07 Å². The summed E-state index contributed by atoms with van der Waals surface area (Å²) < 4.78 is 0. The number of nitriles is 1. The van der Waals surface area contributed by atoms with Crippen LogP contribution < -0.4 is 0 Å². The van der Waals surface area contributed by atoms with Gasteiger partial charge in [-0.3, -0.25) is 0 Å². The van der Waals surface area contributed by atoms with Gasteiger partial charge in [0.05, 0.1) is 16.6 Å². The smallest absolute Gasteiger partial charge is 0.149 e. The van der Waals surface area contributed by atoms with Crippen molar-refractivity contribution in [1.82, 2.24) is 15.0 Å². The van der Waals surface area contributed by atoms with Gasteiger partial charge in [-0.15, -0.1) is 0 Å². The lowest BCUT2D eigenvalue weighted by atomic mass is 10.1. The quantitative estimate of drug-likeness (QED) is 0.526. The molecule has 0 radical (unpaired) electrons. The first-order chi connectivity index (χ1) is 11.7. The molecule has 4 heteroatoms. The van der Waals surface area contributed by atoms with Gasteiger partial charge < -0.3 is 9.97 Å². The average molecular weight is 312 g/mol. The number of rotatable bonds is 2. The van der Waals surface area contributed by atoms with Gasteiger partial charge >= 0.3 is 0 Å². The number of aromatic amines is 2. The first-order valence-corrected chi connectivity index (χ1v) is 7.81. The highest BCUT2D eigenvalue weighted by Crippen LogP contribution is 2.25. The number of hydrogen-bond donors (Lipinski definition) is 2. The van der Waals surface area contributed by atoms with E-state index in [0.29, 0.717) is 11.4 Å². The highest BCUT2D eigenvalue weighted by Gasteiger charge is 2.10. The summed E-state index contributed by atoms with van der Waals surface area (Å²) in [7, 11) is 0. The number of para-hydroxylation sites is 1. The third-order valence-electron chi connectivity index (χ3n) is 4.39. The predicted octanol–water partition coefficient (Wildman–Crippen LogP) is 4.73. The van der Waals surface area contributed by atoms with Gasteiger partial charge in [-0.2, -0.15) is 5.26 Å². The number of allylic oxidation sites excluding steroid dienone is 1. The Labute approximate surface area is 139 Å². The summed E-state index contributed by atoms with van der Waals surface area (Å²) in [5, 5.41) is 10.7.